The largest absolute Gasteiger partial charge is 0.573 e. The first-order valence-electron chi connectivity index (χ1n) is 8.15. The predicted molar refractivity (Wildman–Crippen MR) is 96.4 cm³/mol. The van der Waals surface area contributed by atoms with E-state index in [-0.39, 0.29) is 37.1 Å². The number of carbonyl (C=O) groups is 1. The van der Waals surface area contributed by atoms with Gasteiger partial charge in [0.2, 0.25) is 5.91 Å². The maximum Gasteiger partial charge on any atom is 0.573 e. The van der Waals surface area contributed by atoms with Gasteiger partial charge in [0.1, 0.15) is 11.6 Å². The summed E-state index contributed by atoms with van der Waals surface area (Å²) in [5.41, 5.74) is 6.65. The Kier molecular flexibility index (Phi) is 7.19. The molecule has 2 aromatic carbocycles. The zero-order valence-electron chi connectivity index (χ0n) is 14.6. The van der Waals surface area contributed by atoms with Gasteiger partial charge in [-0.15, -0.1) is 13.2 Å². The average molecular weight is 398 g/mol. The molecule has 0 atom stereocenters. The Bertz CT molecular complexity index is 823. The number of nitrogens with zero attached hydrogens (tertiary/aromatic N) is 1. The summed E-state index contributed by atoms with van der Waals surface area (Å²) in [4.78, 5) is 15.8. The number of ether oxygens (including phenoxy) is 1. The molecule has 0 bridgehead atoms. The number of hydrogen-bond acceptors (Lipinski definition) is 3. The third-order valence-corrected chi connectivity index (χ3v) is 3.33. The fraction of sp³-hybridized carbons (Fsp3) is 0.222. The van der Waals surface area contributed by atoms with E-state index in [9.17, 15) is 22.4 Å². The summed E-state index contributed by atoms with van der Waals surface area (Å²) < 4.78 is 53.1. The van der Waals surface area contributed by atoms with E-state index >= 15 is 0 Å². The Balaban J connectivity index is 1.73. The van der Waals surface area contributed by atoms with Gasteiger partial charge in [0.15, 0.2) is 5.96 Å². The number of carbonyl (C=O) groups excluding carboxylic acids is 1. The number of benzene rings is 2. The Labute approximate surface area is 158 Å². The number of hydrogen-bond donors (Lipinski definition) is 3. The zero-order chi connectivity index (χ0) is 20.6. The van der Waals surface area contributed by atoms with Crippen molar-refractivity contribution in [1.82, 2.24) is 5.32 Å². The fourth-order valence-electron chi connectivity index (χ4n) is 2.19. The molecule has 0 unspecified atom stereocenters. The summed E-state index contributed by atoms with van der Waals surface area (Å²) in [6.07, 6.45) is -4.71. The third-order valence-electron chi connectivity index (χ3n) is 3.33. The van der Waals surface area contributed by atoms with E-state index in [1.165, 1.54) is 30.3 Å². The van der Waals surface area contributed by atoms with Crippen LogP contribution in [0, 0.1) is 5.82 Å². The minimum absolute atomic E-state index is 0.0314. The van der Waals surface area contributed by atoms with Gasteiger partial charge < -0.3 is 21.1 Å². The van der Waals surface area contributed by atoms with Crippen molar-refractivity contribution >= 4 is 17.6 Å². The van der Waals surface area contributed by atoms with Gasteiger partial charge in [-0.05, 0) is 42.0 Å². The molecule has 6 nitrogen and oxygen atoms in total. The second kappa shape index (κ2) is 9.58. The van der Waals surface area contributed by atoms with Gasteiger partial charge in [-0.2, -0.15) is 0 Å². The zero-order valence-corrected chi connectivity index (χ0v) is 14.6. The monoisotopic (exact) mass is 398 g/mol. The van der Waals surface area contributed by atoms with Gasteiger partial charge in [-0.25, -0.2) is 4.39 Å². The van der Waals surface area contributed by atoms with Crippen LogP contribution in [0.4, 0.5) is 23.2 Å². The van der Waals surface area contributed by atoms with Gasteiger partial charge in [0, 0.05) is 12.2 Å². The summed E-state index contributed by atoms with van der Waals surface area (Å²) in [6, 6.07) is 10.7. The molecule has 0 heterocycles. The quantitative estimate of drug-likeness (QED) is 0.290. The lowest BCUT2D eigenvalue weighted by Gasteiger charge is -2.10. The van der Waals surface area contributed by atoms with Crippen LogP contribution in [0.15, 0.2) is 53.5 Å². The van der Waals surface area contributed by atoms with Crippen molar-refractivity contribution < 1.29 is 27.1 Å². The topological polar surface area (TPSA) is 88.7 Å². The molecule has 0 aliphatic rings. The highest BCUT2D eigenvalue weighted by Crippen LogP contribution is 2.23. The molecule has 2 aromatic rings. The number of guanidine groups is 1. The van der Waals surface area contributed by atoms with Crippen LogP contribution in [0.3, 0.4) is 0 Å². The van der Waals surface area contributed by atoms with E-state index in [1.807, 2.05) is 0 Å². The van der Waals surface area contributed by atoms with Crippen molar-refractivity contribution in [3.63, 3.8) is 0 Å². The molecule has 0 saturated heterocycles. The van der Waals surface area contributed by atoms with Crippen molar-refractivity contribution in [2.24, 2.45) is 10.7 Å². The van der Waals surface area contributed by atoms with Crippen LogP contribution in [0.25, 0.3) is 0 Å². The summed E-state index contributed by atoms with van der Waals surface area (Å²) in [5.74, 6) is -1.02. The summed E-state index contributed by atoms with van der Waals surface area (Å²) >= 11 is 0. The second-order valence-corrected chi connectivity index (χ2v) is 5.62. The second-order valence-electron chi connectivity index (χ2n) is 5.62. The maximum atomic E-state index is 13.1. The Morgan fingerprint density at radius 3 is 2.50 bits per heavy atom. The lowest BCUT2D eigenvalue weighted by atomic mass is 10.1. The molecular weight excluding hydrogens is 380 g/mol. The van der Waals surface area contributed by atoms with Crippen LogP contribution in [0.1, 0.15) is 5.56 Å². The maximum absolute atomic E-state index is 13.1. The van der Waals surface area contributed by atoms with E-state index < -0.39 is 12.2 Å². The van der Waals surface area contributed by atoms with Crippen LogP contribution in [0.5, 0.6) is 5.75 Å². The van der Waals surface area contributed by atoms with Crippen molar-refractivity contribution in [2.45, 2.75) is 12.8 Å². The normalized spacial score (nSPS) is 11.8. The molecule has 10 heteroatoms. The molecule has 0 aromatic heterocycles. The van der Waals surface area contributed by atoms with Crippen LogP contribution >= 0.6 is 0 Å². The lowest BCUT2D eigenvalue weighted by molar-refractivity contribution is -0.274. The van der Waals surface area contributed by atoms with Gasteiger partial charge in [-0.1, -0.05) is 12.1 Å². The molecule has 0 radical (unpaired) electrons. The van der Waals surface area contributed by atoms with Crippen molar-refractivity contribution in [3.8, 4) is 5.75 Å². The van der Waals surface area contributed by atoms with E-state index in [2.05, 4.69) is 20.4 Å². The summed E-state index contributed by atoms with van der Waals surface area (Å²) in [5, 5.41) is 5.33. The third kappa shape index (κ3) is 7.94. The highest BCUT2D eigenvalue weighted by Gasteiger charge is 2.30. The molecule has 0 aliphatic carbocycles. The van der Waals surface area contributed by atoms with Crippen molar-refractivity contribution in [1.29, 1.82) is 0 Å². The number of amides is 1. The van der Waals surface area contributed by atoms with Crippen molar-refractivity contribution in [2.75, 3.05) is 18.4 Å². The molecule has 2 rings (SSSR count). The van der Waals surface area contributed by atoms with Crippen LogP contribution < -0.4 is 21.1 Å². The van der Waals surface area contributed by atoms with Crippen LogP contribution in [-0.4, -0.2) is 31.3 Å². The first-order valence-corrected chi connectivity index (χ1v) is 8.15. The van der Waals surface area contributed by atoms with E-state index in [4.69, 9.17) is 5.73 Å². The van der Waals surface area contributed by atoms with E-state index in [1.54, 1.807) is 6.07 Å². The standard InChI is InChI=1S/C18H18F4N4O2/c19-13-3-1-2-12(10-13)11-16(27)24-8-9-25-17(23)26-14-4-6-15(7-5-14)28-18(20,21)22/h1-7,10H,8-9,11H2,(H,24,27)(H3,23,25,26). The number of alkyl halides is 3. The fourth-order valence-corrected chi connectivity index (χ4v) is 2.19. The minimum atomic E-state index is -4.76. The summed E-state index contributed by atoms with van der Waals surface area (Å²) in [7, 11) is 0. The van der Waals surface area contributed by atoms with Gasteiger partial charge in [0.25, 0.3) is 0 Å². The molecule has 0 saturated carbocycles. The highest BCUT2D eigenvalue weighted by atomic mass is 19.4. The Morgan fingerprint density at radius 2 is 1.86 bits per heavy atom. The van der Waals surface area contributed by atoms with Crippen LogP contribution in [-0.2, 0) is 11.2 Å². The number of rotatable bonds is 7. The highest BCUT2D eigenvalue weighted by molar-refractivity contribution is 5.92. The molecule has 1 amide bonds. The summed E-state index contributed by atoms with van der Waals surface area (Å²) in [6.45, 7) is 0.401. The SMILES string of the molecule is NC(=NCCNC(=O)Cc1cccc(F)c1)Nc1ccc(OC(F)(F)F)cc1. The van der Waals surface area contributed by atoms with Crippen molar-refractivity contribution in [3.05, 3.63) is 59.9 Å². The molecule has 0 fully saturated rings. The average Bonchev–Trinajstić information content (AvgIpc) is 2.59. The number of nitrogens with two attached hydrogens (primary N) is 1. The van der Waals surface area contributed by atoms with Gasteiger partial charge >= 0.3 is 6.36 Å². The number of aliphatic imine (C=N–C) groups is 1. The van der Waals surface area contributed by atoms with Gasteiger partial charge in [-0.3, -0.25) is 9.79 Å². The molecule has 28 heavy (non-hydrogen) atoms. The number of anilines is 1. The number of nitrogens with one attached hydrogen (secondary N) is 2. The van der Waals surface area contributed by atoms with Gasteiger partial charge in [0.05, 0.1) is 13.0 Å². The molecular formula is C18H18F4N4O2. The first kappa shape index (κ1) is 21.0. The minimum Gasteiger partial charge on any atom is -0.406 e. The van der Waals surface area contributed by atoms with E-state index in [0.717, 1.165) is 12.1 Å². The smallest absolute Gasteiger partial charge is 0.406 e. The molecule has 0 aliphatic heterocycles. The Morgan fingerprint density at radius 1 is 1.14 bits per heavy atom. The van der Waals surface area contributed by atoms with E-state index in [0.29, 0.717) is 11.3 Å². The Hall–Kier alpha value is -3.30. The molecule has 4 N–H and O–H groups in total. The van der Waals surface area contributed by atoms with Crippen LogP contribution in [0.2, 0.25) is 0 Å². The molecule has 150 valence electrons. The predicted octanol–water partition coefficient (Wildman–Crippen LogP) is 2.81. The molecule has 0 spiro atoms. The lowest BCUT2D eigenvalue weighted by Crippen LogP contribution is -2.29. The first-order chi connectivity index (χ1) is 13.2. The number of halogens is 4.